The average molecular weight is 596 g/mol. The molecule has 43 heavy (non-hydrogen) atoms. The molecule has 2 heterocycles. The van der Waals surface area contributed by atoms with E-state index in [1.165, 1.54) is 19.3 Å². The summed E-state index contributed by atoms with van der Waals surface area (Å²) in [6.45, 7) is 4.12. The second-order valence-corrected chi connectivity index (χ2v) is 10.0. The molecule has 0 atom stereocenters. The fraction of sp³-hybridized carbons (Fsp3) is 0.323. The van der Waals surface area contributed by atoms with E-state index in [0.29, 0.717) is 24.7 Å². The Morgan fingerprint density at radius 3 is 2.44 bits per heavy atom. The van der Waals surface area contributed by atoms with Crippen LogP contribution in [0.15, 0.2) is 73.1 Å². The van der Waals surface area contributed by atoms with Gasteiger partial charge in [0.2, 0.25) is 5.88 Å². The van der Waals surface area contributed by atoms with Crippen molar-refractivity contribution in [1.29, 1.82) is 0 Å². The summed E-state index contributed by atoms with van der Waals surface area (Å²) in [6, 6.07) is 19.3. The number of hydrogen-bond acceptors (Lipinski definition) is 7. The van der Waals surface area contributed by atoms with Crippen molar-refractivity contribution in [3.05, 3.63) is 84.3 Å². The number of nitrogens with zero attached hydrogens (tertiary/aromatic N) is 3. The first kappa shape index (κ1) is 29.9. The predicted molar refractivity (Wildman–Crippen MR) is 155 cm³/mol. The topological polar surface area (TPSA) is 97.8 Å². The van der Waals surface area contributed by atoms with Gasteiger partial charge in [-0.25, -0.2) is 14.8 Å². The third-order valence-electron chi connectivity index (χ3n) is 6.92. The van der Waals surface area contributed by atoms with Gasteiger partial charge in [-0.15, -0.1) is 13.2 Å². The highest BCUT2D eigenvalue weighted by Gasteiger charge is 2.31. The molecular weight excluding hydrogens is 563 g/mol. The van der Waals surface area contributed by atoms with Crippen LogP contribution in [0.1, 0.15) is 30.5 Å². The maximum Gasteiger partial charge on any atom is 0.574 e. The fourth-order valence-corrected chi connectivity index (χ4v) is 4.81. The second-order valence-electron chi connectivity index (χ2n) is 10.0. The number of rotatable bonds is 11. The molecule has 1 aliphatic heterocycles. The Labute approximate surface area is 247 Å². The number of hydrogen-bond donors (Lipinski definition) is 2. The van der Waals surface area contributed by atoms with Gasteiger partial charge in [0.25, 0.3) is 0 Å². The molecule has 0 bridgehead atoms. The number of carbonyl (C=O) groups excluding carboxylic acids is 1. The summed E-state index contributed by atoms with van der Waals surface area (Å²) in [5, 5.41) is 6.92. The number of piperidine rings is 1. The van der Waals surface area contributed by atoms with Crippen molar-refractivity contribution in [2.75, 3.05) is 31.6 Å². The average Bonchev–Trinajstić information content (AvgIpc) is 3.00. The molecule has 2 N–H and O–H groups in total. The minimum Gasteiger partial charge on any atom is -0.492 e. The number of ether oxygens (including phenoxy) is 3. The number of anilines is 1. The quantitative estimate of drug-likeness (QED) is 0.210. The number of alkyl halides is 3. The van der Waals surface area contributed by atoms with E-state index >= 15 is 0 Å². The van der Waals surface area contributed by atoms with Gasteiger partial charge in [0.15, 0.2) is 0 Å². The molecule has 4 aromatic rings. The highest BCUT2D eigenvalue weighted by atomic mass is 19.4. The summed E-state index contributed by atoms with van der Waals surface area (Å²) in [7, 11) is 0. The van der Waals surface area contributed by atoms with E-state index in [1.54, 1.807) is 12.1 Å². The third-order valence-corrected chi connectivity index (χ3v) is 6.92. The van der Waals surface area contributed by atoms with Gasteiger partial charge >= 0.3 is 12.4 Å². The smallest absolute Gasteiger partial charge is 0.492 e. The van der Waals surface area contributed by atoms with Gasteiger partial charge < -0.3 is 24.8 Å². The van der Waals surface area contributed by atoms with Crippen LogP contribution >= 0.6 is 0 Å². The number of urea groups is 1. The zero-order chi connectivity index (χ0) is 30.1. The number of likely N-dealkylation sites (tertiary alicyclic amines) is 1. The molecule has 9 nitrogen and oxygen atoms in total. The largest absolute Gasteiger partial charge is 0.574 e. The Kier molecular flexibility index (Phi) is 9.77. The van der Waals surface area contributed by atoms with E-state index in [2.05, 4.69) is 30.2 Å². The standard InChI is InChI=1S/C31H32F3N5O4/c32-31(33,34)43-29-18-23(36-21-37-29)19-35-30(40)38-27-12-13-28(26-7-3-2-6-25(26)27)42-20-22-8-10-24(11-9-22)41-17-16-39-14-4-1-5-15-39/h2-3,6-13,18,21H,1,4-5,14-17,19-20H2,(H2,35,38,40). The summed E-state index contributed by atoms with van der Waals surface area (Å²) in [5.41, 5.74) is 1.67. The van der Waals surface area contributed by atoms with Gasteiger partial charge in [0.05, 0.1) is 17.9 Å². The van der Waals surface area contributed by atoms with Crippen LogP contribution in [0.4, 0.5) is 23.7 Å². The van der Waals surface area contributed by atoms with Crippen molar-refractivity contribution in [2.24, 2.45) is 0 Å². The van der Waals surface area contributed by atoms with Crippen LogP contribution in [0.5, 0.6) is 17.4 Å². The molecule has 3 aromatic carbocycles. The highest BCUT2D eigenvalue weighted by Crippen LogP contribution is 2.32. The lowest BCUT2D eigenvalue weighted by molar-refractivity contribution is -0.276. The van der Waals surface area contributed by atoms with E-state index in [1.807, 2.05) is 48.5 Å². The van der Waals surface area contributed by atoms with Crippen LogP contribution in [0.2, 0.25) is 0 Å². The van der Waals surface area contributed by atoms with Crippen molar-refractivity contribution >= 4 is 22.5 Å². The number of aromatic nitrogens is 2. The van der Waals surface area contributed by atoms with Crippen molar-refractivity contribution in [2.45, 2.75) is 38.8 Å². The first-order valence-corrected chi connectivity index (χ1v) is 14.0. The molecule has 0 unspecified atom stereocenters. The zero-order valence-corrected chi connectivity index (χ0v) is 23.4. The monoisotopic (exact) mass is 595 g/mol. The van der Waals surface area contributed by atoms with Crippen LogP contribution < -0.4 is 24.8 Å². The van der Waals surface area contributed by atoms with E-state index in [4.69, 9.17) is 9.47 Å². The molecule has 1 aromatic heterocycles. The minimum absolute atomic E-state index is 0.135. The van der Waals surface area contributed by atoms with E-state index in [0.717, 1.165) is 54.1 Å². The van der Waals surface area contributed by atoms with E-state index in [-0.39, 0.29) is 12.2 Å². The van der Waals surface area contributed by atoms with Crippen LogP contribution in [0.3, 0.4) is 0 Å². The van der Waals surface area contributed by atoms with E-state index in [9.17, 15) is 18.0 Å². The second kappa shape index (κ2) is 14.1. The fourth-order valence-electron chi connectivity index (χ4n) is 4.81. The van der Waals surface area contributed by atoms with Gasteiger partial charge in [0.1, 0.15) is 31.0 Å². The molecule has 12 heteroatoms. The lowest BCUT2D eigenvalue weighted by atomic mass is 10.1. The first-order chi connectivity index (χ1) is 20.8. The molecule has 0 saturated carbocycles. The molecule has 1 saturated heterocycles. The molecule has 1 aliphatic rings. The minimum atomic E-state index is -4.88. The van der Waals surface area contributed by atoms with Crippen molar-refractivity contribution < 1.29 is 32.2 Å². The summed E-state index contributed by atoms with van der Waals surface area (Å²) in [6.07, 6.45) is -0.0972. The summed E-state index contributed by atoms with van der Waals surface area (Å²) in [4.78, 5) is 22.3. The number of benzene rings is 3. The molecule has 226 valence electrons. The maximum atomic E-state index is 12.6. The van der Waals surface area contributed by atoms with Crippen LogP contribution in [0.25, 0.3) is 10.8 Å². The molecular formula is C31H32F3N5O4. The number of amides is 2. The van der Waals surface area contributed by atoms with Crippen LogP contribution in [0, 0.1) is 0 Å². The Morgan fingerprint density at radius 1 is 0.907 bits per heavy atom. The SMILES string of the molecule is O=C(NCc1cc(OC(F)(F)F)ncn1)Nc1ccc(OCc2ccc(OCCN3CCCCC3)cc2)c2ccccc12. The van der Waals surface area contributed by atoms with Gasteiger partial charge in [-0.2, -0.15) is 0 Å². The number of nitrogens with one attached hydrogen (secondary N) is 2. The van der Waals surface area contributed by atoms with E-state index < -0.39 is 18.3 Å². The third kappa shape index (κ3) is 8.95. The summed E-state index contributed by atoms with van der Waals surface area (Å²) in [5.74, 6) is 0.824. The first-order valence-electron chi connectivity index (χ1n) is 14.0. The Morgan fingerprint density at radius 2 is 1.67 bits per heavy atom. The number of fused-ring (bicyclic) bond motifs is 1. The summed E-state index contributed by atoms with van der Waals surface area (Å²) < 4.78 is 53.2. The lowest BCUT2D eigenvalue weighted by Gasteiger charge is -2.26. The van der Waals surface area contributed by atoms with Crippen molar-refractivity contribution in [3.8, 4) is 17.4 Å². The normalized spacial score (nSPS) is 13.8. The Bertz CT molecular complexity index is 1510. The van der Waals surface area contributed by atoms with Gasteiger partial charge in [-0.1, -0.05) is 42.8 Å². The van der Waals surface area contributed by atoms with Crippen molar-refractivity contribution in [1.82, 2.24) is 20.2 Å². The van der Waals surface area contributed by atoms with Crippen LogP contribution in [-0.2, 0) is 13.2 Å². The highest BCUT2D eigenvalue weighted by molar-refractivity contribution is 6.03. The number of halogens is 3. The zero-order valence-electron chi connectivity index (χ0n) is 23.4. The molecule has 2 amide bonds. The van der Waals surface area contributed by atoms with Gasteiger partial charge in [-0.3, -0.25) is 4.90 Å². The summed E-state index contributed by atoms with van der Waals surface area (Å²) >= 11 is 0. The molecule has 0 aliphatic carbocycles. The van der Waals surface area contributed by atoms with Gasteiger partial charge in [-0.05, 0) is 55.8 Å². The lowest BCUT2D eigenvalue weighted by Crippen LogP contribution is -2.33. The molecule has 5 rings (SSSR count). The Balaban J connectivity index is 1.14. The van der Waals surface area contributed by atoms with Crippen LogP contribution in [-0.4, -0.2) is 53.5 Å². The molecule has 0 radical (unpaired) electrons. The maximum absolute atomic E-state index is 12.6. The molecule has 0 spiro atoms. The van der Waals surface area contributed by atoms with Gasteiger partial charge in [0, 0.05) is 23.4 Å². The van der Waals surface area contributed by atoms with Crippen molar-refractivity contribution in [3.63, 3.8) is 0 Å². The predicted octanol–water partition coefficient (Wildman–Crippen LogP) is 6.29. The Hall–Kier alpha value is -4.58. The molecule has 1 fully saturated rings. The number of carbonyl (C=O) groups is 1.